The summed E-state index contributed by atoms with van der Waals surface area (Å²) in [5, 5.41) is 3.74. The van der Waals surface area contributed by atoms with Crippen molar-refractivity contribution in [3.63, 3.8) is 0 Å². The van der Waals surface area contributed by atoms with Crippen molar-refractivity contribution in [2.75, 3.05) is 0 Å². The maximum Gasteiger partial charge on any atom is 0.280 e. The Balaban J connectivity index is 2.68. The molecule has 18 heavy (non-hydrogen) atoms. The first-order valence-electron chi connectivity index (χ1n) is 5.05. The maximum absolute atomic E-state index is 13.7. The normalized spacial score (nSPS) is 11.2. The Labute approximate surface area is 106 Å². The van der Waals surface area contributed by atoms with E-state index in [9.17, 15) is 13.2 Å². The average Bonchev–Trinajstić information content (AvgIpc) is 2.72. The number of alkyl halides is 2. The van der Waals surface area contributed by atoms with E-state index < -0.39 is 17.9 Å². The Kier molecular flexibility index (Phi) is 3.58. The van der Waals surface area contributed by atoms with Crippen LogP contribution in [-0.2, 0) is 6.54 Å². The van der Waals surface area contributed by atoms with Crippen LogP contribution in [0.15, 0.2) is 24.4 Å². The zero-order valence-corrected chi connectivity index (χ0v) is 9.83. The molecule has 0 unspecified atom stereocenters. The van der Waals surface area contributed by atoms with Crippen LogP contribution in [0.1, 0.15) is 17.7 Å². The van der Waals surface area contributed by atoms with Gasteiger partial charge in [-0.15, -0.1) is 0 Å². The van der Waals surface area contributed by atoms with Gasteiger partial charge in [-0.05, 0) is 12.1 Å². The molecule has 0 aliphatic heterocycles. The van der Waals surface area contributed by atoms with Gasteiger partial charge in [-0.3, -0.25) is 0 Å². The van der Waals surface area contributed by atoms with Crippen molar-refractivity contribution in [3.8, 4) is 5.69 Å². The topological polar surface area (TPSA) is 43.8 Å². The number of hydrogen-bond donors (Lipinski definition) is 1. The van der Waals surface area contributed by atoms with Gasteiger partial charge < -0.3 is 5.73 Å². The second-order valence-corrected chi connectivity index (χ2v) is 3.95. The predicted octanol–water partition coefficient (Wildman–Crippen LogP) is 3.06. The molecule has 7 heteroatoms. The third-order valence-corrected chi connectivity index (χ3v) is 2.77. The van der Waals surface area contributed by atoms with Crippen LogP contribution < -0.4 is 5.73 Å². The van der Waals surface area contributed by atoms with Crippen molar-refractivity contribution in [1.82, 2.24) is 9.78 Å². The highest BCUT2D eigenvalue weighted by Gasteiger charge is 2.23. The summed E-state index contributed by atoms with van der Waals surface area (Å²) >= 11 is 5.82. The lowest BCUT2D eigenvalue weighted by molar-refractivity contribution is 0.141. The number of benzene rings is 1. The Morgan fingerprint density at radius 1 is 1.39 bits per heavy atom. The number of para-hydroxylation sites is 1. The van der Waals surface area contributed by atoms with Crippen LogP contribution in [0.4, 0.5) is 13.2 Å². The van der Waals surface area contributed by atoms with E-state index in [-0.39, 0.29) is 22.8 Å². The van der Waals surface area contributed by atoms with E-state index in [0.717, 1.165) is 10.7 Å². The fourth-order valence-electron chi connectivity index (χ4n) is 1.65. The van der Waals surface area contributed by atoms with Crippen LogP contribution in [0.5, 0.6) is 0 Å². The second kappa shape index (κ2) is 4.99. The largest absolute Gasteiger partial charge is 0.326 e. The summed E-state index contributed by atoms with van der Waals surface area (Å²) in [4.78, 5) is 0. The highest BCUT2D eigenvalue weighted by Crippen LogP contribution is 2.30. The van der Waals surface area contributed by atoms with Crippen molar-refractivity contribution >= 4 is 11.6 Å². The molecule has 1 aromatic heterocycles. The number of nitrogens with zero attached hydrogens (tertiary/aromatic N) is 2. The smallest absolute Gasteiger partial charge is 0.280 e. The summed E-state index contributed by atoms with van der Waals surface area (Å²) in [6.07, 6.45) is -1.63. The van der Waals surface area contributed by atoms with E-state index in [1.807, 2.05) is 0 Å². The van der Waals surface area contributed by atoms with Crippen molar-refractivity contribution in [2.24, 2.45) is 5.73 Å². The number of rotatable bonds is 3. The molecule has 0 aliphatic rings. The molecular formula is C11H9ClF3N3. The minimum atomic E-state index is -2.82. The second-order valence-electron chi connectivity index (χ2n) is 3.54. The quantitative estimate of drug-likeness (QED) is 0.935. The average molecular weight is 276 g/mol. The summed E-state index contributed by atoms with van der Waals surface area (Å²) < 4.78 is 40.4. The van der Waals surface area contributed by atoms with E-state index in [0.29, 0.717) is 0 Å². The van der Waals surface area contributed by atoms with Crippen LogP contribution in [0.25, 0.3) is 5.69 Å². The Morgan fingerprint density at radius 3 is 2.67 bits per heavy atom. The standard InChI is InChI=1S/C11H9ClF3N3/c12-7-2-1-3-8(13)10(7)18-9(11(14)15)6(4-16)5-17-18/h1-3,5,11H,4,16H2. The molecule has 96 valence electrons. The van der Waals surface area contributed by atoms with Crippen molar-refractivity contribution < 1.29 is 13.2 Å². The van der Waals surface area contributed by atoms with E-state index in [1.165, 1.54) is 18.3 Å². The molecule has 0 saturated carbocycles. The Hall–Kier alpha value is -1.53. The Bertz CT molecular complexity index is 548. The van der Waals surface area contributed by atoms with Gasteiger partial charge in [0.05, 0.1) is 11.2 Å². The molecule has 0 aliphatic carbocycles. The highest BCUT2D eigenvalue weighted by atomic mass is 35.5. The van der Waals surface area contributed by atoms with Crippen LogP contribution in [0, 0.1) is 5.82 Å². The molecule has 0 spiro atoms. The molecule has 1 heterocycles. The number of hydrogen-bond acceptors (Lipinski definition) is 2. The molecule has 1 aromatic carbocycles. The fourth-order valence-corrected chi connectivity index (χ4v) is 1.89. The van der Waals surface area contributed by atoms with E-state index in [1.54, 1.807) is 0 Å². The summed E-state index contributed by atoms with van der Waals surface area (Å²) in [5.74, 6) is -0.726. The molecule has 0 bridgehead atoms. The minimum absolute atomic E-state index is 0.00331. The monoisotopic (exact) mass is 275 g/mol. The van der Waals surface area contributed by atoms with Gasteiger partial charge in [0.2, 0.25) is 0 Å². The molecule has 3 nitrogen and oxygen atoms in total. The van der Waals surface area contributed by atoms with E-state index in [4.69, 9.17) is 17.3 Å². The van der Waals surface area contributed by atoms with Gasteiger partial charge in [-0.2, -0.15) is 5.10 Å². The predicted molar refractivity (Wildman–Crippen MR) is 61.4 cm³/mol. The number of halogens is 4. The molecular weight excluding hydrogens is 267 g/mol. The van der Waals surface area contributed by atoms with Crippen molar-refractivity contribution in [3.05, 3.63) is 46.5 Å². The molecule has 0 atom stereocenters. The molecule has 2 N–H and O–H groups in total. The van der Waals surface area contributed by atoms with Gasteiger partial charge in [-0.25, -0.2) is 17.9 Å². The lowest BCUT2D eigenvalue weighted by Crippen LogP contribution is -2.08. The Morgan fingerprint density at radius 2 is 2.11 bits per heavy atom. The van der Waals surface area contributed by atoms with Gasteiger partial charge in [0.15, 0.2) is 0 Å². The lowest BCUT2D eigenvalue weighted by Gasteiger charge is -2.10. The fraction of sp³-hybridized carbons (Fsp3) is 0.182. The SMILES string of the molecule is NCc1cnn(-c2c(F)cccc2Cl)c1C(F)F. The van der Waals surface area contributed by atoms with Crippen molar-refractivity contribution in [2.45, 2.75) is 13.0 Å². The van der Waals surface area contributed by atoms with Crippen LogP contribution in [-0.4, -0.2) is 9.78 Å². The summed E-state index contributed by atoms with van der Waals surface area (Å²) in [7, 11) is 0. The zero-order chi connectivity index (χ0) is 13.3. The van der Waals surface area contributed by atoms with Gasteiger partial charge >= 0.3 is 0 Å². The summed E-state index contributed by atoms with van der Waals surface area (Å²) in [6.45, 7) is -0.105. The molecule has 0 amide bonds. The van der Waals surface area contributed by atoms with Crippen molar-refractivity contribution in [1.29, 1.82) is 0 Å². The van der Waals surface area contributed by atoms with Gasteiger partial charge in [-0.1, -0.05) is 17.7 Å². The molecule has 2 aromatic rings. The first-order chi connectivity index (χ1) is 8.56. The molecule has 2 rings (SSSR count). The van der Waals surface area contributed by atoms with E-state index >= 15 is 0 Å². The van der Waals surface area contributed by atoms with Crippen LogP contribution >= 0.6 is 11.6 Å². The molecule has 0 fully saturated rings. The number of aromatic nitrogens is 2. The summed E-state index contributed by atoms with van der Waals surface area (Å²) in [6, 6.07) is 3.91. The van der Waals surface area contributed by atoms with Crippen LogP contribution in [0.2, 0.25) is 5.02 Å². The minimum Gasteiger partial charge on any atom is -0.326 e. The first-order valence-corrected chi connectivity index (χ1v) is 5.43. The third-order valence-electron chi connectivity index (χ3n) is 2.46. The zero-order valence-electron chi connectivity index (χ0n) is 9.08. The summed E-state index contributed by atoms with van der Waals surface area (Å²) in [5.41, 5.74) is 4.86. The van der Waals surface area contributed by atoms with Gasteiger partial charge in [0.1, 0.15) is 17.2 Å². The first kappa shape index (κ1) is 12.9. The third kappa shape index (κ3) is 2.09. The lowest BCUT2D eigenvalue weighted by atomic mass is 10.2. The van der Waals surface area contributed by atoms with Gasteiger partial charge in [0, 0.05) is 12.1 Å². The maximum atomic E-state index is 13.7. The molecule has 0 saturated heterocycles. The van der Waals surface area contributed by atoms with Crippen LogP contribution in [0.3, 0.4) is 0 Å². The van der Waals surface area contributed by atoms with E-state index in [2.05, 4.69) is 5.10 Å². The highest BCUT2D eigenvalue weighted by molar-refractivity contribution is 6.32. The number of nitrogens with two attached hydrogens (primary N) is 1. The van der Waals surface area contributed by atoms with Gasteiger partial charge in [0.25, 0.3) is 6.43 Å². The molecule has 0 radical (unpaired) electrons.